The number of rotatable bonds is 3. The fourth-order valence-corrected chi connectivity index (χ4v) is 3.29. The Balaban J connectivity index is 1.96. The van der Waals surface area contributed by atoms with Crippen LogP contribution < -0.4 is 0 Å². The lowest BCUT2D eigenvalue weighted by Crippen LogP contribution is -2.10. The summed E-state index contributed by atoms with van der Waals surface area (Å²) in [6.45, 7) is 0. The normalized spacial score (nSPS) is 19.4. The maximum Gasteiger partial charge on any atom is 0.416 e. The maximum absolute atomic E-state index is 13.2. The lowest BCUT2D eigenvalue weighted by molar-refractivity contribution is -0.138. The molecule has 1 fully saturated rings. The molecule has 3 N–H and O–H groups in total. The second kappa shape index (κ2) is 6.25. The number of benzene rings is 2. The molecule has 4 nitrogen and oxygen atoms in total. The van der Waals surface area contributed by atoms with Crippen molar-refractivity contribution < 1.29 is 33.3 Å². The Bertz CT molecular complexity index is 912. The first-order valence-electron chi connectivity index (χ1n) is 7.36. The van der Waals surface area contributed by atoms with Crippen LogP contribution in [0.15, 0.2) is 24.3 Å². The van der Waals surface area contributed by atoms with Gasteiger partial charge in [-0.25, -0.2) is 0 Å². The molecular formula is C17H11Cl2F3O4. The number of carbonyl (C=O) groups excluding carboxylic acids is 1. The average Bonchev–Trinajstić information content (AvgIpc) is 3.32. The van der Waals surface area contributed by atoms with Crippen LogP contribution in [0.5, 0.6) is 17.2 Å². The second-order valence-electron chi connectivity index (χ2n) is 5.99. The predicted molar refractivity (Wildman–Crippen MR) is 88.1 cm³/mol. The van der Waals surface area contributed by atoms with Gasteiger partial charge in [0.15, 0.2) is 11.5 Å². The summed E-state index contributed by atoms with van der Waals surface area (Å²) >= 11 is 11.3. The Kier molecular flexibility index (Phi) is 4.48. The number of hydrogen-bond donors (Lipinski definition) is 3. The second-order valence-corrected chi connectivity index (χ2v) is 6.81. The summed E-state index contributed by atoms with van der Waals surface area (Å²) in [5.74, 6) is -4.49. The van der Waals surface area contributed by atoms with Gasteiger partial charge in [0.05, 0.1) is 5.56 Å². The van der Waals surface area contributed by atoms with Crippen LogP contribution in [0, 0.1) is 5.92 Å². The van der Waals surface area contributed by atoms with Gasteiger partial charge < -0.3 is 15.3 Å². The van der Waals surface area contributed by atoms with Crippen molar-refractivity contribution >= 4 is 29.0 Å². The standard InChI is InChI=1S/C17H11Cl2F3O4/c18-6-1-2-7(10(3-6)17(20,21)22)8-4-9(8)15(25)13-11(23)5-12(24)14(19)16(13)26/h1-3,5,8-9,23-24,26H,4H2. The van der Waals surface area contributed by atoms with Crippen LogP contribution in [0.25, 0.3) is 0 Å². The molecule has 9 heteroatoms. The third-order valence-electron chi connectivity index (χ3n) is 4.29. The Morgan fingerprint density at radius 3 is 2.35 bits per heavy atom. The van der Waals surface area contributed by atoms with Crippen LogP contribution in [0.4, 0.5) is 13.2 Å². The molecule has 2 aromatic rings. The highest BCUT2D eigenvalue weighted by Gasteiger charge is 2.49. The molecule has 2 atom stereocenters. The van der Waals surface area contributed by atoms with Gasteiger partial charge in [-0.05, 0) is 30.0 Å². The van der Waals surface area contributed by atoms with E-state index in [0.29, 0.717) is 0 Å². The molecule has 0 radical (unpaired) electrons. The summed E-state index contributed by atoms with van der Waals surface area (Å²) < 4.78 is 39.7. The summed E-state index contributed by atoms with van der Waals surface area (Å²) in [5, 5.41) is 28.6. The summed E-state index contributed by atoms with van der Waals surface area (Å²) in [6, 6.07) is 4.10. The van der Waals surface area contributed by atoms with Crippen LogP contribution in [-0.2, 0) is 6.18 Å². The quantitative estimate of drug-likeness (QED) is 0.618. The van der Waals surface area contributed by atoms with Crippen molar-refractivity contribution in [1.82, 2.24) is 0 Å². The molecule has 138 valence electrons. The number of phenols is 3. The monoisotopic (exact) mass is 406 g/mol. The molecule has 0 aliphatic heterocycles. The molecule has 0 saturated heterocycles. The highest BCUT2D eigenvalue weighted by Crippen LogP contribution is 2.54. The molecule has 26 heavy (non-hydrogen) atoms. The number of alkyl halides is 3. The molecule has 3 rings (SSSR count). The Hall–Kier alpha value is -2.12. The van der Waals surface area contributed by atoms with E-state index in [4.69, 9.17) is 23.2 Å². The molecule has 0 spiro atoms. The number of Topliss-reactive ketones (excluding diaryl/α,β-unsaturated/α-hetero) is 1. The van der Waals surface area contributed by atoms with E-state index in [-0.39, 0.29) is 17.0 Å². The fraction of sp³-hybridized carbons (Fsp3) is 0.235. The van der Waals surface area contributed by atoms with E-state index < -0.39 is 57.2 Å². The van der Waals surface area contributed by atoms with Gasteiger partial charge in [0.1, 0.15) is 22.1 Å². The van der Waals surface area contributed by atoms with E-state index in [9.17, 15) is 33.3 Å². The van der Waals surface area contributed by atoms with Crippen molar-refractivity contribution in [2.45, 2.75) is 18.5 Å². The minimum atomic E-state index is -4.64. The number of halogens is 5. The van der Waals surface area contributed by atoms with E-state index >= 15 is 0 Å². The van der Waals surface area contributed by atoms with E-state index in [0.717, 1.165) is 12.1 Å². The molecule has 2 aromatic carbocycles. The zero-order valence-corrected chi connectivity index (χ0v) is 14.3. The molecule has 1 saturated carbocycles. The first kappa shape index (κ1) is 18.7. The summed E-state index contributed by atoms with van der Waals surface area (Å²) in [5.41, 5.74) is -1.53. The molecule has 2 unspecified atom stereocenters. The lowest BCUT2D eigenvalue weighted by atomic mass is 9.97. The zero-order valence-electron chi connectivity index (χ0n) is 12.8. The lowest BCUT2D eigenvalue weighted by Gasteiger charge is -2.13. The van der Waals surface area contributed by atoms with Gasteiger partial charge in [0.2, 0.25) is 0 Å². The molecule has 0 bridgehead atoms. The van der Waals surface area contributed by atoms with Crippen LogP contribution >= 0.6 is 23.2 Å². The van der Waals surface area contributed by atoms with Gasteiger partial charge in [-0.3, -0.25) is 4.79 Å². The average molecular weight is 407 g/mol. The van der Waals surface area contributed by atoms with Crippen molar-refractivity contribution in [1.29, 1.82) is 0 Å². The van der Waals surface area contributed by atoms with E-state index in [2.05, 4.69) is 0 Å². The number of phenolic OH excluding ortho intramolecular Hbond substituents is 3. The third-order valence-corrected chi connectivity index (χ3v) is 4.90. The minimum absolute atomic E-state index is 0.0785. The van der Waals surface area contributed by atoms with Crippen molar-refractivity contribution in [3.63, 3.8) is 0 Å². The summed E-state index contributed by atoms with van der Waals surface area (Å²) in [7, 11) is 0. The zero-order chi connectivity index (χ0) is 19.4. The third kappa shape index (κ3) is 3.17. The Labute approximate surface area is 155 Å². The predicted octanol–water partition coefficient (Wildman–Crippen LogP) is 5.12. The van der Waals surface area contributed by atoms with Gasteiger partial charge in [0, 0.05) is 17.0 Å². The van der Waals surface area contributed by atoms with Gasteiger partial charge in [0.25, 0.3) is 0 Å². The van der Waals surface area contributed by atoms with Crippen LogP contribution in [-0.4, -0.2) is 21.1 Å². The van der Waals surface area contributed by atoms with E-state index in [1.165, 1.54) is 12.1 Å². The highest BCUT2D eigenvalue weighted by molar-refractivity contribution is 6.34. The molecule has 0 heterocycles. The molecule has 0 aromatic heterocycles. The smallest absolute Gasteiger partial charge is 0.416 e. The number of aromatic hydroxyl groups is 3. The topological polar surface area (TPSA) is 77.8 Å². The SMILES string of the molecule is O=C(c1c(O)cc(O)c(Cl)c1O)C1CC1c1ccc(Cl)cc1C(F)(F)F. The van der Waals surface area contributed by atoms with Gasteiger partial charge >= 0.3 is 6.18 Å². The fourth-order valence-electron chi connectivity index (χ4n) is 2.97. The number of hydrogen-bond acceptors (Lipinski definition) is 4. The van der Waals surface area contributed by atoms with Crippen LogP contribution in [0.2, 0.25) is 10.0 Å². The van der Waals surface area contributed by atoms with Crippen molar-refractivity contribution in [3.8, 4) is 17.2 Å². The Morgan fingerprint density at radius 1 is 1.08 bits per heavy atom. The minimum Gasteiger partial charge on any atom is -0.507 e. The molecule has 0 amide bonds. The van der Waals surface area contributed by atoms with Crippen molar-refractivity contribution in [3.05, 3.63) is 51.0 Å². The van der Waals surface area contributed by atoms with Gasteiger partial charge in [-0.2, -0.15) is 13.2 Å². The van der Waals surface area contributed by atoms with Crippen molar-refractivity contribution in [2.75, 3.05) is 0 Å². The number of ketones is 1. The molecule has 1 aliphatic carbocycles. The van der Waals surface area contributed by atoms with Gasteiger partial charge in [-0.15, -0.1) is 0 Å². The maximum atomic E-state index is 13.2. The van der Waals surface area contributed by atoms with Crippen LogP contribution in [0.3, 0.4) is 0 Å². The van der Waals surface area contributed by atoms with E-state index in [1.807, 2.05) is 0 Å². The first-order valence-corrected chi connectivity index (χ1v) is 8.12. The molecule has 1 aliphatic rings. The van der Waals surface area contributed by atoms with Crippen molar-refractivity contribution in [2.24, 2.45) is 5.92 Å². The first-order chi connectivity index (χ1) is 12.0. The molecular weight excluding hydrogens is 396 g/mol. The Morgan fingerprint density at radius 2 is 1.73 bits per heavy atom. The highest BCUT2D eigenvalue weighted by atomic mass is 35.5. The number of carbonyl (C=O) groups is 1. The van der Waals surface area contributed by atoms with E-state index in [1.54, 1.807) is 0 Å². The summed E-state index contributed by atoms with van der Waals surface area (Å²) in [4.78, 5) is 12.6. The van der Waals surface area contributed by atoms with Gasteiger partial charge in [-0.1, -0.05) is 29.3 Å². The largest absolute Gasteiger partial charge is 0.507 e. The van der Waals surface area contributed by atoms with Crippen LogP contribution in [0.1, 0.15) is 33.8 Å². The summed E-state index contributed by atoms with van der Waals surface area (Å²) in [6.07, 6.45) is -4.52.